The lowest BCUT2D eigenvalue weighted by Crippen LogP contribution is -2.14. The number of aromatic nitrogens is 1. The number of carbonyl (C=O) groups is 1. The molecule has 0 aliphatic carbocycles. The molecule has 0 radical (unpaired) electrons. The Kier molecular flexibility index (Phi) is 4.20. The fourth-order valence-corrected chi connectivity index (χ4v) is 1.73. The molecule has 0 saturated carbocycles. The number of benzene rings is 1. The number of anilines is 2. The van der Waals surface area contributed by atoms with Gasteiger partial charge in [0, 0.05) is 11.9 Å². The molecule has 2 aromatic rings. The van der Waals surface area contributed by atoms with E-state index in [1.54, 1.807) is 18.3 Å². The summed E-state index contributed by atoms with van der Waals surface area (Å²) in [4.78, 5) is 15.4. The molecule has 5 nitrogen and oxygen atoms in total. The lowest BCUT2D eigenvalue weighted by Gasteiger charge is -2.11. The SMILES string of the molecule is CC(C)Oc1ccc(Nc2ncccc2C(N)=O)cc1. The van der Waals surface area contributed by atoms with E-state index in [4.69, 9.17) is 10.5 Å². The largest absolute Gasteiger partial charge is 0.491 e. The van der Waals surface area contributed by atoms with Crippen molar-refractivity contribution >= 4 is 17.4 Å². The number of nitrogens with zero attached hydrogens (tertiary/aromatic N) is 1. The molecule has 104 valence electrons. The fraction of sp³-hybridized carbons (Fsp3) is 0.200. The smallest absolute Gasteiger partial charge is 0.252 e. The van der Waals surface area contributed by atoms with Crippen molar-refractivity contribution in [1.82, 2.24) is 4.98 Å². The minimum absolute atomic E-state index is 0.131. The third kappa shape index (κ3) is 3.47. The number of hydrogen-bond donors (Lipinski definition) is 2. The molecule has 0 bridgehead atoms. The zero-order valence-electron chi connectivity index (χ0n) is 11.5. The van der Waals surface area contributed by atoms with E-state index in [1.165, 1.54) is 0 Å². The molecule has 0 saturated heterocycles. The Morgan fingerprint density at radius 1 is 1.25 bits per heavy atom. The molecule has 0 unspecified atom stereocenters. The fourth-order valence-electron chi connectivity index (χ4n) is 1.73. The third-order valence-electron chi connectivity index (χ3n) is 2.56. The van der Waals surface area contributed by atoms with Crippen molar-refractivity contribution in [3.05, 3.63) is 48.2 Å². The Morgan fingerprint density at radius 2 is 1.95 bits per heavy atom. The molecule has 0 spiro atoms. The molecule has 3 N–H and O–H groups in total. The van der Waals surface area contributed by atoms with Crippen LogP contribution in [0.2, 0.25) is 0 Å². The van der Waals surface area contributed by atoms with Crippen molar-refractivity contribution in [2.45, 2.75) is 20.0 Å². The first-order chi connectivity index (χ1) is 9.56. The van der Waals surface area contributed by atoms with E-state index in [-0.39, 0.29) is 6.10 Å². The number of nitrogens with two attached hydrogens (primary N) is 1. The Bertz CT molecular complexity index is 594. The number of ether oxygens (including phenoxy) is 1. The van der Waals surface area contributed by atoms with Gasteiger partial charge in [0.25, 0.3) is 5.91 Å². The van der Waals surface area contributed by atoms with E-state index >= 15 is 0 Å². The number of amides is 1. The third-order valence-corrected chi connectivity index (χ3v) is 2.56. The second-order valence-electron chi connectivity index (χ2n) is 4.58. The van der Waals surface area contributed by atoms with Crippen LogP contribution in [0.1, 0.15) is 24.2 Å². The summed E-state index contributed by atoms with van der Waals surface area (Å²) >= 11 is 0. The van der Waals surface area contributed by atoms with E-state index in [0.29, 0.717) is 11.4 Å². The predicted octanol–water partition coefficient (Wildman–Crippen LogP) is 2.71. The van der Waals surface area contributed by atoms with Crippen LogP contribution in [0.25, 0.3) is 0 Å². The lowest BCUT2D eigenvalue weighted by molar-refractivity contribution is 0.100. The number of rotatable bonds is 5. The molecular weight excluding hydrogens is 254 g/mol. The first-order valence-electron chi connectivity index (χ1n) is 6.35. The van der Waals surface area contributed by atoms with E-state index in [9.17, 15) is 4.79 Å². The summed E-state index contributed by atoms with van der Waals surface area (Å²) < 4.78 is 5.56. The van der Waals surface area contributed by atoms with Crippen LogP contribution < -0.4 is 15.8 Å². The zero-order valence-corrected chi connectivity index (χ0v) is 11.5. The standard InChI is InChI=1S/C15H17N3O2/c1-10(2)20-12-7-5-11(6-8-12)18-15-13(14(16)19)4-3-9-17-15/h3-10H,1-2H3,(H2,16,19)(H,17,18). The van der Waals surface area contributed by atoms with Crippen LogP contribution in [0.15, 0.2) is 42.6 Å². The van der Waals surface area contributed by atoms with Gasteiger partial charge in [0.2, 0.25) is 0 Å². The summed E-state index contributed by atoms with van der Waals surface area (Å²) in [7, 11) is 0. The van der Waals surface area contributed by atoms with Gasteiger partial charge < -0.3 is 15.8 Å². The van der Waals surface area contributed by atoms with Gasteiger partial charge in [-0.15, -0.1) is 0 Å². The minimum atomic E-state index is -0.514. The average molecular weight is 271 g/mol. The van der Waals surface area contributed by atoms with Crippen molar-refractivity contribution < 1.29 is 9.53 Å². The van der Waals surface area contributed by atoms with Gasteiger partial charge in [-0.1, -0.05) is 0 Å². The van der Waals surface area contributed by atoms with Crippen molar-refractivity contribution in [3.8, 4) is 5.75 Å². The summed E-state index contributed by atoms with van der Waals surface area (Å²) in [5, 5.41) is 3.07. The topological polar surface area (TPSA) is 77.2 Å². The summed E-state index contributed by atoms with van der Waals surface area (Å²) in [6.07, 6.45) is 1.73. The van der Waals surface area contributed by atoms with Crippen LogP contribution in [0.4, 0.5) is 11.5 Å². The molecule has 1 aromatic carbocycles. The number of carbonyl (C=O) groups excluding carboxylic acids is 1. The van der Waals surface area contributed by atoms with Crippen LogP contribution >= 0.6 is 0 Å². The molecular formula is C15H17N3O2. The Labute approximate surface area is 117 Å². The van der Waals surface area contributed by atoms with Crippen LogP contribution in [0.5, 0.6) is 5.75 Å². The zero-order chi connectivity index (χ0) is 14.5. The first kappa shape index (κ1) is 13.9. The highest BCUT2D eigenvalue weighted by atomic mass is 16.5. The molecule has 0 atom stereocenters. The summed E-state index contributed by atoms with van der Waals surface area (Å²) in [5.74, 6) is 0.722. The molecule has 0 aliphatic rings. The van der Waals surface area contributed by atoms with Gasteiger partial charge in [-0.2, -0.15) is 0 Å². The van der Waals surface area contributed by atoms with Crippen LogP contribution in [-0.4, -0.2) is 17.0 Å². The Hall–Kier alpha value is -2.56. The van der Waals surface area contributed by atoms with Crippen LogP contribution in [-0.2, 0) is 0 Å². The lowest BCUT2D eigenvalue weighted by atomic mass is 10.2. The second kappa shape index (κ2) is 6.06. The molecule has 0 aliphatic heterocycles. The van der Waals surface area contributed by atoms with Gasteiger partial charge in [0.05, 0.1) is 11.7 Å². The number of hydrogen-bond acceptors (Lipinski definition) is 4. The molecule has 0 fully saturated rings. The van der Waals surface area contributed by atoms with Crippen molar-refractivity contribution in [1.29, 1.82) is 0 Å². The van der Waals surface area contributed by atoms with E-state index in [1.807, 2.05) is 38.1 Å². The quantitative estimate of drug-likeness (QED) is 0.876. The molecule has 1 amide bonds. The van der Waals surface area contributed by atoms with Crippen molar-refractivity contribution in [2.75, 3.05) is 5.32 Å². The maximum atomic E-state index is 11.3. The monoisotopic (exact) mass is 271 g/mol. The summed E-state index contributed by atoms with van der Waals surface area (Å²) in [5.41, 5.74) is 6.47. The highest BCUT2D eigenvalue weighted by Crippen LogP contribution is 2.21. The van der Waals surface area contributed by atoms with Gasteiger partial charge >= 0.3 is 0 Å². The number of nitrogens with one attached hydrogen (secondary N) is 1. The van der Waals surface area contributed by atoms with E-state index in [2.05, 4.69) is 10.3 Å². The minimum Gasteiger partial charge on any atom is -0.491 e. The van der Waals surface area contributed by atoms with E-state index < -0.39 is 5.91 Å². The molecule has 20 heavy (non-hydrogen) atoms. The van der Waals surface area contributed by atoms with Crippen LogP contribution in [0, 0.1) is 0 Å². The second-order valence-corrected chi connectivity index (χ2v) is 4.58. The first-order valence-corrected chi connectivity index (χ1v) is 6.35. The van der Waals surface area contributed by atoms with Gasteiger partial charge in [-0.05, 0) is 50.2 Å². The normalized spacial score (nSPS) is 10.3. The highest BCUT2D eigenvalue weighted by molar-refractivity contribution is 5.98. The van der Waals surface area contributed by atoms with Crippen molar-refractivity contribution in [3.63, 3.8) is 0 Å². The Balaban J connectivity index is 2.16. The summed E-state index contributed by atoms with van der Waals surface area (Å²) in [6, 6.07) is 10.7. The van der Waals surface area contributed by atoms with Gasteiger partial charge in [-0.3, -0.25) is 4.79 Å². The van der Waals surface area contributed by atoms with Crippen molar-refractivity contribution in [2.24, 2.45) is 5.73 Å². The molecule has 5 heteroatoms. The molecule has 1 aromatic heterocycles. The average Bonchev–Trinajstić information content (AvgIpc) is 2.41. The molecule has 1 heterocycles. The number of primary amides is 1. The van der Waals surface area contributed by atoms with Crippen LogP contribution in [0.3, 0.4) is 0 Å². The maximum absolute atomic E-state index is 11.3. The molecule has 2 rings (SSSR count). The number of pyridine rings is 1. The van der Waals surface area contributed by atoms with E-state index in [0.717, 1.165) is 11.4 Å². The predicted molar refractivity (Wildman–Crippen MR) is 78.2 cm³/mol. The Morgan fingerprint density at radius 3 is 2.55 bits per heavy atom. The summed E-state index contributed by atoms with van der Waals surface area (Å²) in [6.45, 7) is 3.94. The maximum Gasteiger partial charge on any atom is 0.252 e. The van der Waals surface area contributed by atoms with Gasteiger partial charge in [-0.25, -0.2) is 4.98 Å². The van der Waals surface area contributed by atoms with Gasteiger partial charge in [0.15, 0.2) is 0 Å². The highest BCUT2D eigenvalue weighted by Gasteiger charge is 2.08. The van der Waals surface area contributed by atoms with Gasteiger partial charge in [0.1, 0.15) is 11.6 Å².